The molecular weight excluding hydrogens is 152 g/mol. The second-order valence-electron chi connectivity index (χ2n) is 3.13. The van der Waals surface area contributed by atoms with E-state index in [1.807, 2.05) is 12.1 Å². The number of nitrogens with zero attached hydrogens (tertiary/aromatic N) is 1. The smallest absolute Gasteiger partial charge is 0.0914 e. The molecule has 0 radical (unpaired) electrons. The molecule has 3 nitrogen and oxygen atoms in total. The van der Waals surface area contributed by atoms with Gasteiger partial charge in [-0.25, -0.2) is 0 Å². The summed E-state index contributed by atoms with van der Waals surface area (Å²) in [7, 11) is 1.77. The highest BCUT2D eigenvalue weighted by Gasteiger charge is 2.27. The van der Waals surface area contributed by atoms with E-state index < -0.39 is 0 Å². The van der Waals surface area contributed by atoms with Gasteiger partial charge in [-0.2, -0.15) is 0 Å². The standard InChI is InChI=1S/C9H14N2O/c1-12-9-7-10-6-8(9)11-4-2-3-5-11/h2-5,8-10H,6-7H2,1H3/t8?,9-/m0/s1. The Morgan fingerprint density at radius 3 is 2.75 bits per heavy atom. The van der Waals surface area contributed by atoms with Crippen LogP contribution < -0.4 is 5.32 Å². The largest absolute Gasteiger partial charge is 0.378 e. The zero-order valence-corrected chi connectivity index (χ0v) is 7.23. The van der Waals surface area contributed by atoms with Gasteiger partial charge in [0.15, 0.2) is 0 Å². The number of hydrogen-bond donors (Lipinski definition) is 1. The van der Waals surface area contributed by atoms with Crippen LogP contribution in [0.5, 0.6) is 0 Å². The molecule has 0 bridgehead atoms. The Kier molecular flexibility index (Phi) is 2.15. The van der Waals surface area contributed by atoms with E-state index >= 15 is 0 Å². The number of hydrogen-bond acceptors (Lipinski definition) is 2. The zero-order chi connectivity index (χ0) is 8.39. The van der Waals surface area contributed by atoms with Crippen LogP contribution in [0.2, 0.25) is 0 Å². The molecular formula is C9H14N2O. The number of methoxy groups -OCH3 is 1. The fourth-order valence-electron chi connectivity index (χ4n) is 1.75. The summed E-state index contributed by atoms with van der Waals surface area (Å²) >= 11 is 0. The van der Waals surface area contributed by atoms with Crippen LogP contribution in [-0.2, 0) is 4.74 Å². The minimum absolute atomic E-state index is 0.317. The molecule has 1 fully saturated rings. The van der Waals surface area contributed by atoms with Gasteiger partial charge in [0.25, 0.3) is 0 Å². The lowest BCUT2D eigenvalue weighted by Gasteiger charge is -2.18. The molecule has 3 heteroatoms. The average Bonchev–Trinajstić information content (AvgIpc) is 2.74. The molecule has 0 aromatic carbocycles. The molecule has 2 rings (SSSR count). The first kappa shape index (κ1) is 7.83. The fraction of sp³-hybridized carbons (Fsp3) is 0.556. The summed E-state index contributed by atoms with van der Waals surface area (Å²) in [5.74, 6) is 0. The summed E-state index contributed by atoms with van der Waals surface area (Å²) < 4.78 is 7.57. The summed E-state index contributed by atoms with van der Waals surface area (Å²) in [6.07, 6.45) is 4.49. The maximum atomic E-state index is 5.36. The van der Waals surface area contributed by atoms with Crippen molar-refractivity contribution in [1.29, 1.82) is 0 Å². The monoisotopic (exact) mass is 166 g/mol. The predicted molar refractivity (Wildman–Crippen MR) is 47.1 cm³/mol. The summed E-state index contributed by atoms with van der Waals surface area (Å²) in [5.41, 5.74) is 0. The van der Waals surface area contributed by atoms with Crippen molar-refractivity contribution >= 4 is 0 Å². The molecule has 1 aliphatic heterocycles. The lowest BCUT2D eigenvalue weighted by atomic mass is 10.2. The summed E-state index contributed by atoms with van der Waals surface area (Å²) in [6, 6.07) is 4.56. The number of rotatable bonds is 2. The minimum atomic E-state index is 0.317. The van der Waals surface area contributed by atoms with Crippen molar-refractivity contribution in [3.63, 3.8) is 0 Å². The topological polar surface area (TPSA) is 26.2 Å². The molecule has 1 saturated heterocycles. The first-order valence-electron chi connectivity index (χ1n) is 4.28. The molecule has 1 aromatic heterocycles. The van der Waals surface area contributed by atoms with E-state index in [0.717, 1.165) is 13.1 Å². The molecule has 66 valence electrons. The van der Waals surface area contributed by atoms with E-state index in [4.69, 9.17) is 4.74 Å². The van der Waals surface area contributed by atoms with E-state index in [1.54, 1.807) is 7.11 Å². The minimum Gasteiger partial charge on any atom is -0.378 e. The maximum absolute atomic E-state index is 5.36. The van der Waals surface area contributed by atoms with Crippen LogP contribution in [0.25, 0.3) is 0 Å². The Labute approximate surface area is 72.3 Å². The SMILES string of the molecule is CO[C@H]1CNCC1n1cccc1. The highest BCUT2D eigenvalue weighted by atomic mass is 16.5. The molecule has 12 heavy (non-hydrogen) atoms. The van der Waals surface area contributed by atoms with E-state index in [2.05, 4.69) is 22.3 Å². The van der Waals surface area contributed by atoms with Crippen molar-refractivity contribution in [2.24, 2.45) is 0 Å². The lowest BCUT2D eigenvalue weighted by Crippen LogP contribution is -2.23. The first-order valence-corrected chi connectivity index (χ1v) is 4.28. The molecule has 0 spiro atoms. The third-order valence-corrected chi connectivity index (χ3v) is 2.44. The molecule has 1 N–H and O–H groups in total. The van der Waals surface area contributed by atoms with Gasteiger partial charge in [0.1, 0.15) is 0 Å². The van der Waals surface area contributed by atoms with Gasteiger partial charge in [-0.05, 0) is 12.1 Å². The van der Waals surface area contributed by atoms with Gasteiger partial charge < -0.3 is 14.6 Å². The quantitative estimate of drug-likeness (QED) is 0.698. The molecule has 1 aromatic rings. The number of nitrogens with one attached hydrogen (secondary N) is 1. The molecule has 1 aliphatic rings. The summed E-state index contributed by atoms with van der Waals surface area (Å²) in [5, 5.41) is 3.32. The first-order chi connectivity index (χ1) is 5.92. The lowest BCUT2D eigenvalue weighted by molar-refractivity contribution is 0.0867. The molecule has 0 amide bonds. The Hall–Kier alpha value is -0.800. The zero-order valence-electron chi connectivity index (χ0n) is 7.23. The van der Waals surface area contributed by atoms with Crippen LogP contribution in [0.15, 0.2) is 24.5 Å². The number of ether oxygens (including phenoxy) is 1. The Morgan fingerprint density at radius 2 is 2.08 bits per heavy atom. The van der Waals surface area contributed by atoms with Gasteiger partial charge in [0.05, 0.1) is 12.1 Å². The van der Waals surface area contributed by atoms with Gasteiger partial charge in [-0.3, -0.25) is 0 Å². The van der Waals surface area contributed by atoms with Gasteiger partial charge in [0, 0.05) is 32.6 Å². The highest BCUT2D eigenvalue weighted by Crippen LogP contribution is 2.17. The third kappa shape index (κ3) is 1.26. The van der Waals surface area contributed by atoms with Crippen molar-refractivity contribution in [1.82, 2.24) is 9.88 Å². The van der Waals surface area contributed by atoms with E-state index in [1.165, 1.54) is 0 Å². The number of aromatic nitrogens is 1. The van der Waals surface area contributed by atoms with Gasteiger partial charge >= 0.3 is 0 Å². The van der Waals surface area contributed by atoms with E-state index in [9.17, 15) is 0 Å². The predicted octanol–water partition coefficient (Wildman–Crippen LogP) is 0.647. The van der Waals surface area contributed by atoms with Crippen LogP contribution in [0.3, 0.4) is 0 Å². The van der Waals surface area contributed by atoms with Gasteiger partial charge in [-0.1, -0.05) is 0 Å². The molecule has 0 saturated carbocycles. The van der Waals surface area contributed by atoms with E-state index in [0.29, 0.717) is 12.1 Å². The van der Waals surface area contributed by atoms with Gasteiger partial charge in [0.2, 0.25) is 0 Å². The Morgan fingerprint density at radius 1 is 1.33 bits per heavy atom. The normalized spacial score (nSPS) is 29.4. The highest BCUT2D eigenvalue weighted by molar-refractivity contribution is 4.97. The van der Waals surface area contributed by atoms with Crippen molar-refractivity contribution in [3.8, 4) is 0 Å². The summed E-state index contributed by atoms with van der Waals surface area (Å²) in [6.45, 7) is 1.96. The van der Waals surface area contributed by atoms with Gasteiger partial charge in [-0.15, -0.1) is 0 Å². The van der Waals surface area contributed by atoms with Crippen molar-refractivity contribution in [2.45, 2.75) is 12.1 Å². The van der Waals surface area contributed by atoms with Crippen LogP contribution in [0.1, 0.15) is 6.04 Å². The van der Waals surface area contributed by atoms with Crippen molar-refractivity contribution in [2.75, 3.05) is 20.2 Å². The van der Waals surface area contributed by atoms with E-state index in [-0.39, 0.29) is 0 Å². The second kappa shape index (κ2) is 3.29. The average molecular weight is 166 g/mol. The van der Waals surface area contributed by atoms with Crippen LogP contribution in [0, 0.1) is 0 Å². The van der Waals surface area contributed by atoms with Crippen LogP contribution >= 0.6 is 0 Å². The fourth-order valence-corrected chi connectivity index (χ4v) is 1.75. The molecule has 2 heterocycles. The van der Waals surface area contributed by atoms with Crippen molar-refractivity contribution in [3.05, 3.63) is 24.5 Å². The molecule has 2 atom stereocenters. The molecule has 1 unspecified atom stereocenters. The summed E-state index contributed by atoms with van der Waals surface area (Å²) in [4.78, 5) is 0. The molecule has 0 aliphatic carbocycles. The third-order valence-electron chi connectivity index (χ3n) is 2.44. The van der Waals surface area contributed by atoms with Crippen LogP contribution in [-0.4, -0.2) is 30.9 Å². The van der Waals surface area contributed by atoms with Crippen molar-refractivity contribution < 1.29 is 4.74 Å². The second-order valence-corrected chi connectivity index (χ2v) is 3.13. The Balaban J connectivity index is 2.13. The van der Waals surface area contributed by atoms with Crippen LogP contribution in [0.4, 0.5) is 0 Å². The maximum Gasteiger partial charge on any atom is 0.0914 e. The Bertz CT molecular complexity index is 233.